The summed E-state index contributed by atoms with van der Waals surface area (Å²) in [4.78, 5) is 16.5. The average Bonchev–Trinajstić information content (AvgIpc) is 2.89. The number of pyridine rings is 1. The molecule has 0 atom stereocenters. The van der Waals surface area contributed by atoms with E-state index in [0.29, 0.717) is 13.0 Å². The lowest BCUT2D eigenvalue weighted by molar-refractivity contribution is 0.0986. The molecule has 0 bridgehead atoms. The van der Waals surface area contributed by atoms with Gasteiger partial charge in [-0.2, -0.15) is 0 Å². The normalized spacial score (nSPS) is 10.4. The van der Waals surface area contributed by atoms with E-state index >= 15 is 0 Å². The van der Waals surface area contributed by atoms with Crippen molar-refractivity contribution in [1.29, 1.82) is 0 Å². The number of carbonyl (C=O) groups is 1. The van der Waals surface area contributed by atoms with Crippen LogP contribution in [0.5, 0.6) is 0 Å². The predicted octanol–water partition coefficient (Wildman–Crippen LogP) is 2.51. The first-order valence-electron chi connectivity index (χ1n) is 5.52. The van der Waals surface area contributed by atoms with Crippen molar-refractivity contribution in [3.05, 3.63) is 52.5 Å². The largest absolute Gasteiger partial charge is 0.312 e. The van der Waals surface area contributed by atoms with Gasteiger partial charge in [0, 0.05) is 31.9 Å². The summed E-state index contributed by atoms with van der Waals surface area (Å²) in [6.07, 6.45) is 4.12. The highest BCUT2D eigenvalue weighted by molar-refractivity contribution is 7.12. The Hall–Kier alpha value is -1.52. The van der Waals surface area contributed by atoms with E-state index in [0.717, 1.165) is 17.0 Å². The van der Waals surface area contributed by atoms with Crippen LogP contribution in [0.1, 0.15) is 21.7 Å². The minimum Gasteiger partial charge on any atom is -0.312 e. The second-order valence-corrected chi connectivity index (χ2v) is 4.64. The monoisotopic (exact) mass is 246 g/mol. The Morgan fingerprint density at radius 2 is 2.29 bits per heavy atom. The molecule has 0 aromatic carbocycles. The summed E-state index contributed by atoms with van der Waals surface area (Å²) in [5.41, 5.74) is 1.14. The van der Waals surface area contributed by atoms with E-state index in [9.17, 15) is 4.79 Å². The number of rotatable bonds is 6. The van der Waals surface area contributed by atoms with E-state index in [1.165, 1.54) is 11.3 Å². The number of thiophene rings is 1. The Labute approximate surface area is 105 Å². The molecule has 0 amide bonds. The molecular formula is C13H14N2OS. The van der Waals surface area contributed by atoms with Gasteiger partial charge in [-0.15, -0.1) is 11.3 Å². The smallest absolute Gasteiger partial charge is 0.174 e. The molecule has 0 fully saturated rings. The first kappa shape index (κ1) is 12.0. The molecule has 4 heteroatoms. The average molecular weight is 246 g/mol. The molecule has 0 saturated heterocycles. The number of nitrogens with zero attached hydrogens (tertiary/aromatic N) is 1. The number of nitrogens with one attached hydrogen (secondary N) is 1. The van der Waals surface area contributed by atoms with Crippen LogP contribution in [0.25, 0.3) is 0 Å². The van der Waals surface area contributed by atoms with Gasteiger partial charge in [0.2, 0.25) is 0 Å². The maximum atomic E-state index is 11.7. The molecule has 17 heavy (non-hydrogen) atoms. The van der Waals surface area contributed by atoms with Crippen molar-refractivity contribution >= 4 is 17.1 Å². The number of aromatic nitrogens is 1. The SMILES string of the molecule is O=C(CCNCc1cccnc1)c1cccs1. The van der Waals surface area contributed by atoms with Crippen molar-refractivity contribution in [3.63, 3.8) is 0 Å². The number of carbonyl (C=O) groups excluding carboxylic acids is 1. The lowest BCUT2D eigenvalue weighted by Gasteiger charge is -2.03. The van der Waals surface area contributed by atoms with E-state index in [2.05, 4.69) is 10.3 Å². The number of hydrogen-bond acceptors (Lipinski definition) is 4. The molecule has 2 aromatic heterocycles. The van der Waals surface area contributed by atoms with Crippen molar-refractivity contribution in [3.8, 4) is 0 Å². The van der Waals surface area contributed by atoms with Crippen LogP contribution in [0.2, 0.25) is 0 Å². The van der Waals surface area contributed by atoms with Crippen molar-refractivity contribution < 1.29 is 4.79 Å². The van der Waals surface area contributed by atoms with Crippen LogP contribution in [0.15, 0.2) is 42.0 Å². The molecule has 0 radical (unpaired) electrons. The third-order valence-electron chi connectivity index (χ3n) is 2.38. The fraction of sp³-hybridized carbons (Fsp3) is 0.231. The van der Waals surface area contributed by atoms with Gasteiger partial charge in [-0.25, -0.2) is 0 Å². The van der Waals surface area contributed by atoms with E-state index in [1.807, 2.05) is 35.8 Å². The second-order valence-electron chi connectivity index (χ2n) is 3.69. The fourth-order valence-corrected chi connectivity index (χ4v) is 2.19. The van der Waals surface area contributed by atoms with Gasteiger partial charge in [0.1, 0.15) is 0 Å². The van der Waals surface area contributed by atoms with Crippen LogP contribution in [-0.2, 0) is 6.54 Å². The van der Waals surface area contributed by atoms with Gasteiger partial charge in [0.25, 0.3) is 0 Å². The third-order valence-corrected chi connectivity index (χ3v) is 3.29. The summed E-state index contributed by atoms with van der Waals surface area (Å²) in [5.74, 6) is 0.207. The summed E-state index contributed by atoms with van der Waals surface area (Å²) in [6, 6.07) is 7.70. The molecule has 2 rings (SSSR count). The third kappa shape index (κ3) is 3.76. The Kier molecular flexibility index (Phi) is 4.41. The van der Waals surface area contributed by atoms with Crippen molar-refractivity contribution in [2.75, 3.05) is 6.54 Å². The lowest BCUT2D eigenvalue weighted by Crippen LogP contribution is -2.17. The number of hydrogen-bond donors (Lipinski definition) is 1. The van der Waals surface area contributed by atoms with Crippen LogP contribution in [0, 0.1) is 0 Å². The molecule has 0 unspecified atom stereocenters. The highest BCUT2D eigenvalue weighted by Gasteiger charge is 2.05. The van der Waals surface area contributed by atoms with E-state index in [4.69, 9.17) is 0 Å². The molecule has 3 nitrogen and oxygen atoms in total. The van der Waals surface area contributed by atoms with Crippen LogP contribution >= 0.6 is 11.3 Å². The van der Waals surface area contributed by atoms with Crippen molar-refractivity contribution in [1.82, 2.24) is 10.3 Å². The van der Waals surface area contributed by atoms with Crippen LogP contribution in [0.4, 0.5) is 0 Å². The second kappa shape index (κ2) is 6.27. The van der Waals surface area contributed by atoms with Gasteiger partial charge in [-0.1, -0.05) is 12.1 Å². The molecule has 0 aliphatic carbocycles. The summed E-state index contributed by atoms with van der Waals surface area (Å²) in [6.45, 7) is 1.46. The number of Topliss-reactive ketones (excluding diaryl/α,β-unsaturated/α-hetero) is 1. The molecule has 2 aromatic rings. The van der Waals surface area contributed by atoms with Gasteiger partial charge in [-0.3, -0.25) is 9.78 Å². The zero-order valence-electron chi connectivity index (χ0n) is 9.43. The van der Waals surface area contributed by atoms with Gasteiger partial charge in [-0.05, 0) is 23.1 Å². The Morgan fingerprint density at radius 3 is 3.00 bits per heavy atom. The summed E-state index contributed by atoms with van der Waals surface area (Å²) < 4.78 is 0. The van der Waals surface area contributed by atoms with E-state index in [-0.39, 0.29) is 5.78 Å². The Morgan fingerprint density at radius 1 is 1.35 bits per heavy atom. The first-order chi connectivity index (χ1) is 8.36. The zero-order chi connectivity index (χ0) is 11.9. The molecule has 0 aliphatic heterocycles. The minimum atomic E-state index is 0.207. The van der Waals surface area contributed by atoms with Crippen LogP contribution in [-0.4, -0.2) is 17.3 Å². The molecular weight excluding hydrogens is 232 g/mol. The van der Waals surface area contributed by atoms with E-state index in [1.54, 1.807) is 6.20 Å². The highest BCUT2D eigenvalue weighted by Crippen LogP contribution is 2.10. The standard InChI is InChI=1S/C13H14N2OS/c16-12(13-4-2-8-17-13)5-7-15-10-11-3-1-6-14-9-11/h1-4,6,8-9,15H,5,7,10H2. The summed E-state index contributed by atoms with van der Waals surface area (Å²) >= 11 is 1.50. The lowest BCUT2D eigenvalue weighted by atomic mass is 10.2. The highest BCUT2D eigenvalue weighted by atomic mass is 32.1. The van der Waals surface area contributed by atoms with Gasteiger partial charge in [0.05, 0.1) is 4.88 Å². The quantitative estimate of drug-likeness (QED) is 0.629. The molecule has 88 valence electrons. The summed E-state index contributed by atoms with van der Waals surface area (Å²) in [7, 11) is 0. The number of ketones is 1. The van der Waals surface area contributed by atoms with Crippen LogP contribution in [0.3, 0.4) is 0 Å². The van der Waals surface area contributed by atoms with Gasteiger partial charge >= 0.3 is 0 Å². The van der Waals surface area contributed by atoms with Crippen molar-refractivity contribution in [2.24, 2.45) is 0 Å². The molecule has 0 saturated carbocycles. The maximum absolute atomic E-state index is 11.7. The van der Waals surface area contributed by atoms with Crippen molar-refractivity contribution in [2.45, 2.75) is 13.0 Å². The Balaban J connectivity index is 1.69. The zero-order valence-corrected chi connectivity index (χ0v) is 10.2. The predicted molar refractivity (Wildman–Crippen MR) is 69.2 cm³/mol. The molecule has 2 heterocycles. The van der Waals surface area contributed by atoms with E-state index < -0.39 is 0 Å². The fourth-order valence-electron chi connectivity index (χ4n) is 1.50. The van der Waals surface area contributed by atoms with Gasteiger partial charge < -0.3 is 5.32 Å². The minimum absolute atomic E-state index is 0.207. The maximum Gasteiger partial charge on any atom is 0.174 e. The first-order valence-corrected chi connectivity index (χ1v) is 6.40. The van der Waals surface area contributed by atoms with Crippen LogP contribution < -0.4 is 5.32 Å². The topological polar surface area (TPSA) is 42.0 Å². The Bertz CT molecular complexity index is 454. The molecule has 1 N–H and O–H groups in total. The summed E-state index contributed by atoms with van der Waals surface area (Å²) in [5, 5.41) is 5.17. The molecule has 0 spiro atoms. The van der Waals surface area contributed by atoms with Gasteiger partial charge in [0.15, 0.2) is 5.78 Å². The molecule has 0 aliphatic rings.